The van der Waals surface area contributed by atoms with E-state index in [0.29, 0.717) is 5.75 Å². The second-order valence-electron chi connectivity index (χ2n) is 6.17. The molecule has 0 radical (unpaired) electrons. The number of ether oxygens (including phenoxy) is 4. The first-order chi connectivity index (χ1) is 14.2. The Hall–Kier alpha value is -2.98. The lowest BCUT2D eigenvalue weighted by Crippen LogP contribution is -2.23. The van der Waals surface area contributed by atoms with Crippen molar-refractivity contribution in [3.8, 4) is 11.5 Å². The molecule has 11 heteroatoms. The number of anilines is 1. The molecular formula is C19H18ClNO8S. The predicted molar refractivity (Wildman–Crippen MR) is 107 cm³/mol. The number of cyclic esters (lactones) is 1. The monoisotopic (exact) mass is 455 g/mol. The molecular weight excluding hydrogens is 438 g/mol. The summed E-state index contributed by atoms with van der Waals surface area (Å²) in [5, 5.41) is 0.178. The normalized spacial score (nSPS) is 16.0. The topological polar surface area (TPSA) is 117 Å². The van der Waals surface area contributed by atoms with Crippen LogP contribution in [0.5, 0.6) is 11.5 Å². The van der Waals surface area contributed by atoms with Crippen LogP contribution in [0.4, 0.5) is 5.69 Å². The van der Waals surface area contributed by atoms with E-state index in [9.17, 15) is 18.0 Å². The van der Waals surface area contributed by atoms with Crippen molar-refractivity contribution in [1.82, 2.24) is 0 Å². The van der Waals surface area contributed by atoms with Gasteiger partial charge in [-0.2, -0.15) is 0 Å². The minimum atomic E-state index is -4.11. The number of esters is 2. The number of hydrogen-bond acceptors (Lipinski definition) is 8. The van der Waals surface area contributed by atoms with Crippen LogP contribution in [0.25, 0.3) is 0 Å². The molecule has 0 saturated carbocycles. The summed E-state index contributed by atoms with van der Waals surface area (Å²) in [6.45, 7) is 0.168. The van der Waals surface area contributed by atoms with E-state index < -0.39 is 28.1 Å². The minimum Gasteiger partial charge on any atom is -0.495 e. The first kappa shape index (κ1) is 21.7. The van der Waals surface area contributed by atoms with Gasteiger partial charge in [-0.05, 0) is 24.3 Å². The van der Waals surface area contributed by atoms with Crippen molar-refractivity contribution >= 4 is 39.3 Å². The van der Waals surface area contributed by atoms with Crippen LogP contribution in [0.2, 0.25) is 5.02 Å². The number of methoxy groups -OCH3 is 2. The van der Waals surface area contributed by atoms with Crippen molar-refractivity contribution < 1.29 is 37.0 Å². The predicted octanol–water partition coefficient (Wildman–Crippen LogP) is 2.63. The molecule has 0 aromatic heterocycles. The number of hydrogen-bond donors (Lipinski definition) is 1. The van der Waals surface area contributed by atoms with E-state index in [0.717, 1.165) is 6.07 Å². The Labute approximate surface area is 177 Å². The van der Waals surface area contributed by atoms with Crippen molar-refractivity contribution in [2.75, 3.05) is 25.5 Å². The van der Waals surface area contributed by atoms with Gasteiger partial charge in [-0.25, -0.2) is 18.0 Å². The molecule has 2 aromatic rings. The minimum absolute atomic E-state index is 0.0303. The summed E-state index contributed by atoms with van der Waals surface area (Å²) in [6, 6.07) is 8.00. The SMILES string of the molecule is COc1cc(OC)c(NS(=O)(=O)c2cccc(C(=O)OC3CCOC3=O)c2)cc1Cl. The summed E-state index contributed by atoms with van der Waals surface area (Å²) in [7, 11) is -1.32. The van der Waals surface area contributed by atoms with Gasteiger partial charge >= 0.3 is 11.9 Å². The van der Waals surface area contributed by atoms with Gasteiger partial charge in [0.1, 0.15) is 11.5 Å². The lowest BCUT2D eigenvalue weighted by molar-refractivity contribution is -0.145. The van der Waals surface area contributed by atoms with Crippen molar-refractivity contribution in [2.24, 2.45) is 0 Å². The van der Waals surface area contributed by atoms with Gasteiger partial charge in [0, 0.05) is 12.5 Å². The quantitative estimate of drug-likeness (QED) is 0.633. The third-order valence-corrected chi connectivity index (χ3v) is 5.89. The number of rotatable bonds is 7. The molecule has 1 atom stereocenters. The van der Waals surface area contributed by atoms with E-state index in [1.165, 1.54) is 44.6 Å². The Morgan fingerprint density at radius 1 is 1.17 bits per heavy atom. The highest BCUT2D eigenvalue weighted by Crippen LogP contribution is 2.37. The molecule has 0 amide bonds. The van der Waals surface area contributed by atoms with Crippen LogP contribution in [0.15, 0.2) is 41.3 Å². The Morgan fingerprint density at radius 2 is 1.90 bits per heavy atom. The van der Waals surface area contributed by atoms with E-state index in [1.807, 2.05) is 0 Å². The van der Waals surface area contributed by atoms with Gasteiger partial charge in [-0.15, -0.1) is 0 Å². The zero-order valence-electron chi connectivity index (χ0n) is 16.0. The molecule has 30 heavy (non-hydrogen) atoms. The van der Waals surface area contributed by atoms with Gasteiger partial charge < -0.3 is 18.9 Å². The molecule has 3 rings (SSSR count). The highest BCUT2D eigenvalue weighted by atomic mass is 35.5. The van der Waals surface area contributed by atoms with E-state index in [1.54, 1.807) is 0 Å². The molecule has 1 N–H and O–H groups in total. The van der Waals surface area contributed by atoms with Gasteiger partial charge in [0.15, 0.2) is 0 Å². The van der Waals surface area contributed by atoms with Crippen molar-refractivity contribution in [3.05, 3.63) is 47.0 Å². The molecule has 1 saturated heterocycles. The first-order valence-electron chi connectivity index (χ1n) is 8.67. The Kier molecular flexibility index (Phi) is 6.37. The molecule has 0 bridgehead atoms. The highest BCUT2D eigenvalue weighted by Gasteiger charge is 2.31. The molecule has 0 aliphatic carbocycles. The first-order valence-corrected chi connectivity index (χ1v) is 10.5. The smallest absolute Gasteiger partial charge is 0.347 e. The molecule has 1 aliphatic heterocycles. The van der Waals surface area contributed by atoms with Crippen LogP contribution in [0.3, 0.4) is 0 Å². The summed E-state index contributed by atoms with van der Waals surface area (Å²) < 4.78 is 48.2. The number of carbonyl (C=O) groups is 2. The summed E-state index contributed by atoms with van der Waals surface area (Å²) in [5.74, 6) is -0.958. The fourth-order valence-corrected chi connectivity index (χ4v) is 4.06. The maximum atomic E-state index is 12.8. The lowest BCUT2D eigenvalue weighted by atomic mass is 10.2. The second-order valence-corrected chi connectivity index (χ2v) is 8.26. The average Bonchev–Trinajstić information content (AvgIpc) is 3.12. The summed E-state index contributed by atoms with van der Waals surface area (Å²) in [6.07, 6.45) is -0.746. The third-order valence-electron chi connectivity index (χ3n) is 4.23. The summed E-state index contributed by atoms with van der Waals surface area (Å²) >= 11 is 6.08. The molecule has 2 aromatic carbocycles. The number of nitrogens with one attached hydrogen (secondary N) is 1. The van der Waals surface area contributed by atoms with Crippen LogP contribution in [0.1, 0.15) is 16.8 Å². The van der Waals surface area contributed by atoms with Crippen molar-refractivity contribution in [2.45, 2.75) is 17.4 Å². The molecule has 9 nitrogen and oxygen atoms in total. The number of benzene rings is 2. The summed E-state index contributed by atoms with van der Waals surface area (Å²) in [5.41, 5.74) is 0.0577. The molecule has 1 aliphatic rings. The fourth-order valence-electron chi connectivity index (χ4n) is 2.72. The van der Waals surface area contributed by atoms with E-state index in [2.05, 4.69) is 4.72 Å². The van der Waals surface area contributed by atoms with Crippen molar-refractivity contribution in [3.63, 3.8) is 0 Å². The standard InChI is InChI=1S/C19H18ClNO8S/c1-26-16-10-17(27-2)14(9-13(16)20)21-30(24,25)12-5-3-4-11(8-12)18(22)29-15-6-7-28-19(15)23/h3-5,8-10,15,21H,6-7H2,1-2H3. The van der Waals surface area contributed by atoms with Gasteiger partial charge in [-0.3, -0.25) is 4.72 Å². The van der Waals surface area contributed by atoms with Crippen LogP contribution >= 0.6 is 11.6 Å². The molecule has 160 valence electrons. The zero-order valence-corrected chi connectivity index (χ0v) is 17.6. The zero-order chi connectivity index (χ0) is 21.9. The van der Waals surface area contributed by atoms with E-state index in [-0.39, 0.29) is 39.9 Å². The Bertz CT molecular complexity index is 1090. The van der Waals surface area contributed by atoms with Crippen LogP contribution < -0.4 is 14.2 Å². The van der Waals surface area contributed by atoms with Crippen LogP contribution in [-0.2, 0) is 24.3 Å². The van der Waals surface area contributed by atoms with Gasteiger partial charge in [0.05, 0.1) is 42.0 Å². The number of sulfonamides is 1. The summed E-state index contributed by atoms with van der Waals surface area (Å²) in [4.78, 5) is 23.6. The fraction of sp³-hybridized carbons (Fsp3) is 0.263. The molecule has 1 fully saturated rings. The van der Waals surface area contributed by atoms with E-state index >= 15 is 0 Å². The van der Waals surface area contributed by atoms with Gasteiger partial charge in [0.25, 0.3) is 10.0 Å². The molecule has 1 heterocycles. The average molecular weight is 456 g/mol. The molecule has 1 unspecified atom stereocenters. The van der Waals surface area contributed by atoms with Gasteiger partial charge in [-0.1, -0.05) is 17.7 Å². The van der Waals surface area contributed by atoms with Gasteiger partial charge in [0.2, 0.25) is 6.10 Å². The van der Waals surface area contributed by atoms with Crippen LogP contribution in [0, 0.1) is 0 Å². The lowest BCUT2D eigenvalue weighted by Gasteiger charge is -2.14. The second kappa shape index (κ2) is 8.80. The Morgan fingerprint density at radius 3 is 2.53 bits per heavy atom. The van der Waals surface area contributed by atoms with E-state index in [4.69, 9.17) is 30.5 Å². The largest absolute Gasteiger partial charge is 0.495 e. The maximum absolute atomic E-state index is 12.8. The maximum Gasteiger partial charge on any atom is 0.347 e. The number of carbonyl (C=O) groups excluding carboxylic acids is 2. The molecule has 0 spiro atoms. The van der Waals surface area contributed by atoms with Crippen LogP contribution in [-0.4, -0.2) is 47.3 Å². The third kappa shape index (κ3) is 4.60. The number of halogens is 1. The Balaban J connectivity index is 1.85. The van der Waals surface area contributed by atoms with Crippen molar-refractivity contribution in [1.29, 1.82) is 0 Å². The highest BCUT2D eigenvalue weighted by molar-refractivity contribution is 7.92.